The summed E-state index contributed by atoms with van der Waals surface area (Å²) in [5.74, 6) is 1.61. The van der Waals surface area contributed by atoms with Crippen molar-refractivity contribution in [2.45, 2.75) is 77.6 Å². The summed E-state index contributed by atoms with van der Waals surface area (Å²) in [5.41, 5.74) is 2.70. The molecule has 111 valence electrons. The van der Waals surface area contributed by atoms with Crippen molar-refractivity contribution in [3.05, 3.63) is 40.3 Å². The molecule has 1 aliphatic rings. The van der Waals surface area contributed by atoms with Crippen LogP contribution in [0.2, 0.25) is 5.02 Å². The van der Waals surface area contributed by atoms with Crippen LogP contribution in [0.25, 0.3) is 0 Å². The van der Waals surface area contributed by atoms with Gasteiger partial charge in [-0.05, 0) is 37.0 Å². The molecule has 0 aromatic heterocycles. The molecule has 1 saturated carbocycles. The van der Waals surface area contributed by atoms with Crippen LogP contribution in [-0.4, -0.2) is 0 Å². The van der Waals surface area contributed by atoms with Crippen LogP contribution < -0.4 is 0 Å². The van der Waals surface area contributed by atoms with E-state index in [0.717, 1.165) is 5.02 Å². The van der Waals surface area contributed by atoms with Crippen molar-refractivity contribution in [1.29, 1.82) is 0 Å². The minimum Gasteiger partial charge on any atom is -0.0840 e. The van der Waals surface area contributed by atoms with Crippen molar-refractivity contribution in [2.24, 2.45) is 0 Å². The maximum Gasteiger partial charge on any atom is 0.0446 e. The van der Waals surface area contributed by atoms with E-state index in [-0.39, 0.29) is 0 Å². The van der Waals surface area contributed by atoms with Gasteiger partial charge in [-0.1, -0.05) is 81.5 Å². The summed E-state index contributed by atoms with van der Waals surface area (Å²) in [4.78, 5) is 0. The minimum absolute atomic E-state index is 0.951. The Morgan fingerprint density at radius 2 is 1.25 bits per heavy atom. The van der Waals surface area contributed by atoms with Crippen LogP contribution in [0.15, 0.2) is 18.2 Å². The first kappa shape index (κ1) is 15.9. The first-order chi connectivity index (χ1) is 9.79. The summed E-state index contributed by atoms with van der Waals surface area (Å²) in [7, 11) is 0. The maximum absolute atomic E-state index is 6.47. The smallest absolute Gasteiger partial charge is 0.0446 e. The van der Waals surface area contributed by atoms with E-state index in [9.17, 15) is 0 Å². The Hall–Kier alpha value is -0.490. The van der Waals surface area contributed by atoms with Crippen molar-refractivity contribution in [2.75, 3.05) is 0 Å². The SMILES string of the molecule is Cc1cccc(Cl)c1[C]1CCCCCCCCCCC1. The summed E-state index contributed by atoms with van der Waals surface area (Å²) in [5, 5.41) is 0.951. The number of hydrogen-bond acceptors (Lipinski definition) is 0. The molecule has 0 spiro atoms. The van der Waals surface area contributed by atoms with E-state index in [1.165, 1.54) is 81.8 Å². The molecule has 0 saturated heterocycles. The average molecular weight is 292 g/mol. The zero-order valence-corrected chi connectivity index (χ0v) is 13.6. The van der Waals surface area contributed by atoms with Crippen molar-refractivity contribution < 1.29 is 0 Å². The molecule has 2 rings (SSSR count). The number of benzene rings is 1. The van der Waals surface area contributed by atoms with Gasteiger partial charge in [0.2, 0.25) is 0 Å². The quantitative estimate of drug-likeness (QED) is 0.529. The summed E-state index contributed by atoms with van der Waals surface area (Å²) in [6, 6.07) is 6.31. The maximum atomic E-state index is 6.47. The fourth-order valence-corrected chi connectivity index (χ4v) is 3.72. The average Bonchev–Trinajstić information content (AvgIpc) is 2.41. The topological polar surface area (TPSA) is 0 Å². The second-order valence-corrected chi connectivity index (χ2v) is 6.62. The first-order valence-electron chi connectivity index (χ1n) is 8.39. The molecule has 20 heavy (non-hydrogen) atoms. The fourth-order valence-electron chi connectivity index (χ4n) is 3.37. The van der Waals surface area contributed by atoms with Gasteiger partial charge in [0.15, 0.2) is 0 Å². The standard InChI is InChI=1S/C19H28Cl/c1-16-12-11-15-18(20)19(16)17-13-9-7-5-3-2-4-6-8-10-14-17/h11-12,15H,2-10,13-14H2,1H3. The molecule has 0 amide bonds. The van der Waals surface area contributed by atoms with E-state index in [4.69, 9.17) is 11.6 Å². The third kappa shape index (κ3) is 4.81. The highest BCUT2D eigenvalue weighted by molar-refractivity contribution is 6.31. The van der Waals surface area contributed by atoms with Gasteiger partial charge in [-0.3, -0.25) is 0 Å². The highest BCUT2D eigenvalue weighted by Crippen LogP contribution is 2.34. The second kappa shape index (κ2) is 8.72. The van der Waals surface area contributed by atoms with Gasteiger partial charge in [0.1, 0.15) is 0 Å². The predicted molar refractivity (Wildman–Crippen MR) is 89.3 cm³/mol. The lowest BCUT2D eigenvalue weighted by molar-refractivity contribution is 0.524. The molecule has 0 N–H and O–H groups in total. The van der Waals surface area contributed by atoms with Crippen LogP contribution >= 0.6 is 11.6 Å². The lowest BCUT2D eigenvalue weighted by Gasteiger charge is -2.21. The van der Waals surface area contributed by atoms with Gasteiger partial charge in [-0.25, -0.2) is 0 Å². The monoisotopic (exact) mass is 291 g/mol. The molecule has 1 aromatic rings. The van der Waals surface area contributed by atoms with E-state index in [1.54, 1.807) is 5.92 Å². The largest absolute Gasteiger partial charge is 0.0840 e. The lowest BCUT2D eigenvalue weighted by Crippen LogP contribution is -2.04. The van der Waals surface area contributed by atoms with Gasteiger partial charge in [-0.15, -0.1) is 0 Å². The summed E-state index contributed by atoms with van der Waals surface area (Å²) in [6.07, 6.45) is 15.0. The van der Waals surface area contributed by atoms with Gasteiger partial charge >= 0.3 is 0 Å². The van der Waals surface area contributed by atoms with Crippen LogP contribution in [0.5, 0.6) is 0 Å². The predicted octanol–water partition coefficient (Wildman–Crippen LogP) is 6.88. The normalized spacial score (nSPS) is 20.1. The summed E-state index contributed by atoms with van der Waals surface area (Å²) in [6.45, 7) is 2.20. The van der Waals surface area contributed by atoms with Gasteiger partial charge in [0.05, 0.1) is 0 Å². The van der Waals surface area contributed by atoms with Crippen LogP contribution in [-0.2, 0) is 0 Å². The Balaban J connectivity index is 2.05. The Labute approximate surface area is 129 Å². The highest BCUT2D eigenvalue weighted by atomic mass is 35.5. The third-order valence-corrected chi connectivity index (χ3v) is 4.85. The van der Waals surface area contributed by atoms with Crippen molar-refractivity contribution >= 4 is 11.6 Å². The minimum atomic E-state index is 0.951. The lowest BCUT2D eigenvalue weighted by atomic mass is 9.85. The molecule has 0 heterocycles. The third-order valence-electron chi connectivity index (χ3n) is 4.53. The van der Waals surface area contributed by atoms with Gasteiger partial charge in [0.25, 0.3) is 0 Å². The molecule has 1 fully saturated rings. The molecular formula is C19H28Cl. The van der Waals surface area contributed by atoms with Gasteiger partial charge in [0, 0.05) is 10.9 Å². The van der Waals surface area contributed by atoms with Crippen molar-refractivity contribution in [3.63, 3.8) is 0 Å². The zero-order valence-electron chi connectivity index (χ0n) is 12.9. The molecule has 0 aliphatic heterocycles. The van der Waals surface area contributed by atoms with Crippen molar-refractivity contribution in [3.8, 4) is 0 Å². The Morgan fingerprint density at radius 3 is 1.75 bits per heavy atom. The van der Waals surface area contributed by atoms with E-state index in [2.05, 4.69) is 19.1 Å². The molecule has 0 nitrogen and oxygen atoms in total. The Bertz CT molecular complexity index is 365. The number of hydrogen-bond donors (Lipinski definition) is 0. The van der Waals surface area contributed by atoms with Crippen LogP contribution in [0.3, 0.4) is 0 Å². The van der Waals surface area contributed by atoms with Crippen LogP contribution in [0.1, 0.15) is 81.8 Å². The van der Waals surface area contributed by atoms with E-state index >= 15 is 0 Å². The number of rotatable bonds is 1. The molecular weight excluding hydrogens is 264 g/mol. The summed E-state index contributed by atoms with van der Waals surface area (Å²) < 4.78 is 0. The molecule has 0 bridgehead atoms. The molecule has 1 aliphatic carbocycles. The molecule has 0 unspecified atom stereocenters. The molecule has 1 aromatic carbocycles. The highest BCUT2D eigenvalue weighted by Gasteiger charge is 2.17. The van der Waals surface area contributed by atoms with E-state index in [0.29, 0.717) is 0 Å². The zero-order chi connectivity index (χ0) is 14.2. The van der Waals surface area contributed by atoms with Crippen molar-refractivity contribution in [1.82, 2.24) is 0 Å². The van der Waals surface area contributed by atoms with E-state index in [1.807, 2.05) is 6.07 Å². The fraction of sp³-hybridized carbons (Fsp3) is 0.632. The molecule has 1 heteroatoms. The summed E-state index contributed by atoms with van der Waals surface area (Å²) >= 11 is 6.47. The Morgan fingerprint density at radius 1 is 0.750 bits per heavy atom. The number of halogens is 1. The Kier molecular flexibility index (Phi) is 6.93. The van der Waals surface area contributed by atoms with Gasteiger partial charge in [-0.2, -0.15) is 0 Å². The van der Waals surface area contributed by atoms with Crippen LogP contribution in [0, 0.1) is 12.8 Å². The molecule has 1 radical (unpaired) electrons. The van der Waals surface area contributed by atoms with E-state index < -0.39 is 0 Å². The molecule has 0 atom stereocenters. The number of aryl methyl sites for hydroxylation is 1. The second-order valence-electron chi connectivity index (χ2n) is 6.22. The first-order valence-corrected chi connectivity index (χ1v) is 8.77. The van der Waals surface area contributed by atoms with Crippen LogP contribution in [0.4, 0.5) is 0 Å². The van der Waals surface area contributed by atoms with Gasteiger partial charge < -0.3 is 0 Å².